The molecule has 1 heterocycles. The molecule has 3 aromatic rings. The largest absolute Gasteiger partial charge is 0.465 e. The summed E-state index contributed by atoms with van der Waals surface area (Å²) in [7, 11) is 0. The maximum atomic E-state index is 12.7. The highest BCUT2D eigenvalue weighted by Crippen LogP contribution is 2.18. The molecule has 0 fully saturated rings. The maximum Gasteiger partial charge on any atom is 0.252 e. The van der Waals surface area contributed by atoms with Crippen molar-refractivity contribution in [3.8, 4) is 0 Å². The third-order valence-electron chi connectivity index (χ3n) is 3.93. The van der Waals surface area contributed by atoms with E-state index in [-0.39, 0.29) is 5.91 Å². The van der Waals surface area contributed by atoms with Crippen molar-refractivity contribution in [3.05, 3.63) is 95.9 Å². The van der Waals surface area contributed by atoms with Crippen LogP contribution in [0.15, 0.2) is 83.5 Å². The van der Waals surface area contributed by atoms with Crippen LogP contribution in [0.2, 0.25) is 0 Å². The highest BCUT2D eigenvalue weighted by atomic mass is 16.3. The first-order chi connectivity index (χ1) is 12.3. The van der Waals surface area contributed by atoms with Crippen LogP contribution in [-0.2, 0) is 11.2 Å². The molecule has 1 amide bonds. The van der Waals surface area contributed by atoms with Gasteiger partial charge in [-0.05, 0) is 42.2 Å². The zero-order valence-corrected chi connectivity index (χ0v) is 14.0. The number of hydrogen-bond acceptors (Lipinski definition) is 2. The SMILES string of the molecule is O=C(NCCCc1ccccc1)/C(=C/c1ccco1)c1ccccc1. The molecule has 0 atom stereocenters. The van der Waals surface area contributed by atoms with E-state index in [0.29, 0.717) is 17.9 Å². The number of rotatable bonds is 7. The molecule has 126 valence electrons. The van der Waals surface area contributed by atoms with Gasteiger partial charge in [-0.2, -0.15) is 0 Å². The lowest BCUT2D eigenvalue weighted by Gasteiger charge is -2.09. The molecule has 0 aliphatic carbocycles. The number of carbonyl (C=O) groups is 1. The summed E-state index contributed by atoms with van der Waals surface area (Å²) in [6, 6.07) is 23.6. The summed E-state index contributed by atoms with van der Waals surface area (Å²) in [6.07, 6.45) is 5.23. The molecule has 0 saturated carbocycles. The minimum Gasteiger partial charge on any atom is -0.465 e. The molecular formula is C22H21NO2. The van der Waals surface area contributed by atoms with E-state index in [2.05, 4.69) is 17.4 Å². The summed E-state index contributed by atoms with van der Waals surface area (Å²) in [6.45, 7) is 0.635. The molecule has 1 N–H and O–H groups in total. The van der Waals surface area contributed by atoms with Crippen LogP contribution in [0.5, 0.6) is 0 Å². The molecule has 3 rings (SSSR count). The van der Waals surface area contributed by atoms with E-state index in [1.807, 2.05) is 60.7 Å². The Hall–Kier alpha value is -3.07. The molecule has 0 aliphatic heterocycles. The Kier molecular flexibility index (Phi) is 5.83. The van der Waals surface area contributed by atoms with Gasteiger partial charge in [-0.1, -0.05) is 60.7 Å². The number of benzene rings is 2. The van der Waals surface area contributed by atoms with Crippen molar-refractivity contribution < 1.29 is 9.21 Å². The predicted molar refractivity (Wildman–Crippen MR) is 101 cm³/mol. The summed E-state index contributed by atoms with van der Waals surface area (Å²) >= 11 is 0. The van der Waals surface area contributed by atoms with Gasteiger partial charge in [0.2, 0.25) is 0 Å². The Bertz CT molecular complexity index is 806. The van der Waals surface area contributed by atoms with Crippen molar-refractivity contribution in [2.75, 3.05) is 6.54 Å². The van der Waals surface area contributed by atoms with Crippen LogP contribution in [0.4, 0.5) is 0 Å². The van der Waals surface area contributed by atoms with Crippen molar-refractivity contribution in [1.29, 1.82) is 0 Å². The third kappa shape index (κ3) is 4.95. The Morgan fingerprint density at radius 3 is 2.32 bits per heavy atom. The number of hydrogen-bond donors (Lipinski definition) is 1. The highest BCUT2D eigenvalue weighted by Gasteiger charge is 2.12. The zero-order chi connectivity index (χ0) is 17.3. The standard InChI is InChI=1S/C22H21NO2/c24-22(23-15-7-11-18-9-3-1-4-10-18)21(17-20-14-8-16-25-20)19-12-5-2-6-13-19/h1-6,8-10,12-14,16-17H,7,11,15H2,(H,23,24)/b21-17+. The number of nitrogens with one attached hydrogen (secondary N) is 1. The molecule has 0 saturated heterocycles. The van der Waals surface area contributed by atoms with Crippen molar-refractivity contribution in [2.24, 2.45) is 0 Å². The van der Waals surface area contributed by atoms with E-state index in [4.69, 9.17) is 4.42 Å². The number of aryl methyl sites for hydroxylation is 1. The average molecular weight is 331 g/mol. The Balaban J connectivity index is 1.63. The monoisotopic (exact) mass is 331 g/mol. The first kappa shape index (κ1) is 16.8. The molecule has 25 heavy (non-hydrogen) atoms. The maximum absolute atomic E-state index is 12.7. The van der Waals surface area contributed by atoms with Crippen LogP contribution in [0.25, 0.3) is 11.6 Å². The van der Waals surface area contributed by atoms with Gasteiger partial charge in [-0.3, -0.25) is 4.79 Å². The second-order valence-electron chi connectivity index (χ2n) is 5.78. The van der Waals surface area contributed by atoms with Gasteiger partial charge in [0.15, 0.2) is 0 Å². The first-order valence-electron chi connectivity index (χ1n) is 8.46. The van der Waals surface area contributed by atoms with E-state index in [1.54, 1.807) is 12.3 Å². The molecule has 0 bridgehead atoms. The van der Waals surface area contributed by atoms with Crippen LogP contribution < -0.4 is 5.32 Å². The normalized spacial score (nSPS) is 11.3. The van der Waals surface area contributed by atoms with Gasteiger partial charge >= 0.3 is 0 Å². The van der Waals surface area contributed by atoms with Gasteiger partial charge < -0.3 is 9.73 Å². The number of amides is 1. The van der Waals surface area contributed by atoms with E-state index >= 15 is 0 Å². The van der Waals surface area contributed by atoms with Crippen molar-refractivity contribution in [2.45, 2.75) is 12.8 Å². The van der Waals surface area contributed by atoms with Gasteiger partial charge in [0.25, 0.3) is 5.91 Å². The number of furan rings is 1. The smallest absolute Gasteiger partial charge is 0.252 e. The molecule has 3 nitrogen and oxygen atoms in total. The van der Waals surface area contributed by atoms with Gasteiger partial charge in [-0.25, -0.2) is 0 Å². The second-order valence-corrected chi connectivity index (χ2v) is 5.78. The van der Waals surface area contributed by atoms with E-state index in [9.17, 15) is 4.79 Å². The summed E-state index contributed by atoms with van der Waals surface area (Å²) < 4.78 is 5.36. The fraction of sp³-hybridized carbons (Fsp3) is 0.136. The molecule has 1 aromatic heterocycles. The molecule has 3 heteroatoms. The van der Waals surface area contributed by atoms with Crippen LogP contribution in [0, 0.1) is 0 Å². The second kappa shape index (κ2) is 8.69. The lowest BCUT2D eigenvalue weighted by Crippen LogP contribution is -2.25. The quantitative estimate of drug-likeness (QED) is 0.509. The van der Waals surface area contributed by atoms with Crippen LogP contribution in [0.1, 0.15) is 23.3 Å². The molecule has 0 radical (unpaired) electrons. The van der Waals surface area contributed by atoms with Crippen LogP contribution in [-0.4, -0.2) is 12.5 Å². The molecular weight excluding hydrogens is 310 g/mol. The molecule has 2 aromatic carbocycles. The van der Waals surface area contributed by atoms with Gasteiger partial charge in [0.05, 0.1) is 11.8 Å². The summed E-state index contributed by atoms with van der Waals surface area (Å²) in [5.74, 6) is 0.578. The minimum atomic E-state index is -0.0874. The Morgan fingerprint density at radius 2 is 1.64 bits per heavy atom. The third-order valence-corrected chi connectivity index (χ3v) is 3.93. The van der Waals surface area contributed by atoms with Gasteiger partial charge in [0.1, 0.15) is 5.76 Å². The predicted octanol–water partition coefficient (Wildman–Crippen LogP) is 4.57. The van der Waals surface area contributed by atoms with E-state index in [0.717, 1.165) is 18.4 Å². The fourth-order valence-corrected chi connectivity index (χ4v) is 2.65. The lowest BCUT2D eigenvalue weighted by molar-refractivity contribution is -0.115. The average Bonchev–Trinajstić information content (AvgIpc) is 3.18. The summed E-state index contributed by atoms with van der Waals surface area (Å²) in [5, 5.41) is 3.02. The van der Waals surface area contributed by atoms with Crippen molar-refractivity contribution >= 4 is 17.6 Å². The Morgan fingerprint density at radius 1 is 0.920 bits per heavy atom. The summed E-state index contributed by atoms with van der Waals surface area (Å²) in [5.41, 5.74) is 2.76. The molecule has 0 unspecified atom stereocenters. The van der Waals surface area contributed by atoms with Crippen molar-refractivity contribution in [3.63, 3.8) is 0 Å². The Labute approximate surface area is 148 Å². The van der Waals surface area contributed by atoms with E-state index < -0.39 is 0 Å². The molecule has 0 spiro atoms. The van der Waals surface area contributed by atoms with Crippen molar-refractivity contribution in [1.82, 2.24) is 5.32 Å². The van der Waals surface area contributed by atoms with Gasteiger partial charge in [0, 0.05) is 6.54 Å². The topological polar surface area (TPSA) is 42.2 Å². The number of carbonyl (C=O) groups excluding carboxylic acids is 1. The fourth-order valence-electron chi connectivity index (χ4n) is 2.65. The van der Waals surface area contributed by atoms with Crippen LogP contribution >= 0.6 is 0 Å². The van der Waals surface area contributed by atoms with Crippen LogP contribution in [0.3, 0.4) is 0 Å². The lowest BCUT2D eigenvalue weighted by atomic mass is 10.0. The zero-order valence-electron chi connectivity index (χ0n) is 14.0. The molecule has 0 aliphatic rings. The minimum absolute atomic E-state index is 0.0874. The highest BCUT2D eigenvalue weighted by molar-refractivity contribution is 6.24. The summed E-state index contributed by atoms with van der Waals surface area (Å²) in [4.78, 5) is 12.7. The first-order valence-corrected chi connectivity index (χ1v) is 8.46. The van der Waals surface area contributed by atoms with Gasteiger partial charge in [-0.15, -0.1) is 0 Å². The van der Waals surface area contributed by atoms with E-state index in [1.165, 1.54) is 5.56 Å².